The minimum atomic E-state index is -4.42. The van der Waals surface area contributed by atoms with Gasteiger partial charge < -0.3 is 10.2 Å². The van der Waals surface area contributed by atoms with Gasteiger partial charge in [0.1, 0.15) is 0 Å². The quantitative estimate of drug-likeness (QED) is 0.411. The number of halogens is 3. The zero-order valence-corrected chi connectivity index (χ0v) is 20.0. The van der Waals surface area contributed by atoms with Crippen LogP contribution >= 0.6 is 12.2 Å². The molecule has 1 fully saturated rings. The molecule has 0 atom stereocenters. The molecule has 2 heterocycles. The second kappa shape index (κ2) is 9.51. The van der Waals surface area contributed by atoms with Crippen LogP contribution in [-0.2, 0) is 6.18 Å². The van der Waals surface area contributed by atoms with Gasteiger partial charge in [0.15, 0.2) is 5.11 Å². The number of hydrogen-bond donors (Lipinski definition) is 1. The lowest BCUT2D eigenvalue weighted by atomic mass is 9.94. The van der Waals surface area contributed by atoms with E-state index in [4.69, 9.17) is 12.2 Å². The first kappa shape index (κ1) is 24.2. The van der Waals surface area contributed by atoms with Crippen molar-refractivity contribution in [3.05, 3.63) is 77.4 Å². The van der Waals surface area contributed by atoms with E-state index in [9.17, 15) is 22.8 Å². The first-order valence-corrected chi connectivity index (χ1v) is 12.0. The van der Waals surface area contributed by atoms with Crippen LogP contribution in [0.4, 0.5) is 18.9 Å². The molecule has 2 aliphatic heterocycles. The molecule has 0 aliphatic carbocycles. The van der Waals surface area contributed by atoms with Crippen LogP contribution in [0.1, 0.15) is 26.3 Å². The van der Waals surface area contributed by atoms with E-state index in [1.165, 1.54) is 11.0 Å². The van der Waals surface area contributed by atoms with Crippen molar-refractivity contribution in [2.24, 2.45) is 0 Å². The Kier molecular flexibility index (Phi) is 6.40. The third kappa shape index (κ3) is 4.66. The summed E-state index contributed by atoms with van der Waals surface area (Å²) in [7, 11) is 0. The molecule has 1 N–H and O–H groups in total. The van der Waals surface area contributed by atoms with E-state index in [1.54, 1.807) is 18.2 Å². The molecular weight excluding hydrogens is 489 g/mol. The maximum absolute atomic E-state index is 13.1. The number of piperazine rings is 1. The zero-order valence-electron chi connectivity index (χ0n) is 19.2. The summed E-state index contributed by atoms with van der Waals surface area (Å²) >= 11 is 5.41. The summed E-state index contributed by atoms with van der Waals surface area (Å²) in [5, 5.41) is 4.84. The standard InChI is InChI=1S/C26H23F3N4O2S/c27-26(28,29)18-6-3-7-19(16-18)30-25(36)32-13-10-31(11-14-32)12-15-33-23(34)20-8-1-4-17-5-2-9-21(22(17)20)24(33)35/h1-9,16H,10-15H2,(H,30,36). The molecule has 0 unspecified atom stereocenters. The van der Waals surface area contributed by atoms with Crippen molar-refractivity contribution in [2.45, 2.75) is 6.18 Å². The van der Waals surface area contributed by atoms with Crippen molar-refractivity contribution in [3.8, 4) is 0 Å². The highest BCUT2D eigenvalue weighted by Crippen LogP contribution is 2.31. The van der Waals surface area contributed by atoms with Gasteiger partial charge in [-0.25, -0.2) is 0 Å². The molecule has 0 bridgehead atoms. The Bertz CT molecular complexity index is 1300. The van der Waals surface area contributed by atoms with Crippen LogP contribution in [0.3, 0.4) is 0 Å². The Morgan fingerprint density at radius 2 is 1.47 bits per heavy atom. The Hall–Kier alpha value is -3.50. The molecule has 10 heteroatoms. The van der Waals surface area contributed by atoms with Crippen molar-refractivity contribution < 1.29 is 22.8 Å². The Labute approximate surface area is 211 Å². The largest absolute Gasteiger partial charge is 0.416 e. The third-order valence-electron chi connectivity index (χ3n) is 6.60. The van der Waals surface area contributed by atoms with Gasteiger partial charge in [-0.2, -0.15) is 13.2 Å². The Morgan fingerprint density at radius 1 is 0.861 bits per heavy atom. The molecule has 6 nitrogen and oxygen atoms in total. The van der Waals surface area contributed by atoms with E-state index in [2.05, 4.69) is 10.2 Å². The minimum Gasteiger partial charge on any atom is -0.346 e. The SMILES string of the molecule is O=C1c2cccc3cccc(c23)C(=O)N1CCN1CCN(C(=S)Nc2cccc(C(F)(F)F)c2)CC1. The summed E-state index contributed by atoms with van der Waals surface area (Å²) in [6.45, 7) is 3.25. The summed E-state index contributed by atoms with van der Waals surface area (Å²) in [4.78, 5) is 31.5. The van der Waals surface area contributed by atoms with Crippen molar-refractivity contribution in [2.75, 3.05) is 44.6 Å². The predicted molar refractivity (Wildman–Crippen MR) is 135 cm³/mol. The van der Waals surface area contributed by atoms with Crippen LogP contribution in [0.15, 0.2) is 60.7 Å². The lowest BCUT2D eigenvalue weighted by Crippen LogP contribution is -2.52. The number of carbonyl (C=O) groups excluding carboxylic acids is 2. The molecular formula is C26H23F3N4O2S. The van der Waals surface area contributed by atoms with Crippen molar-refractivity contribution in [1.82, 2.24) is 14.7 Å². The molecule has 0 aromatic heterocycles. The summed E-state index contributed by atoms with van der Waals surface area (Å²) in [6, 6.07) is 15.9. The summed E-state index contributed by atoms with van der Waals surface area (Å²) in [5.74, 6) is -0.566. The van der Waals surface area contributed by atoms with Gasteiger partial charge in [-0.1, -0.05) is 30.3 Å². The summed E-state index contributed by atoms with van der Waals surface area (Å²) in [6.07, 6.45) is -4.42. The molecule has 0 radical (unpaired) electrons. The number of hydrogen-bond acceptors (Lipinski definition) is 4. The van der Waals surface area contributed by atoms with Crippen molar-refractivity contribution >= 4 is 45.6 Å². The van der Waals surface area contributed by atoms with E-state index < -0.39 is 11.7 Å². The van der Waals surface area contributed by atoms with Crippen LogP contribution in [0.2, 0.25) is 0 Å². The van der Waals surface area contributed by atoms with Crippen molar-refractivity contribution in [1.29, 1.82) is 0 Å². The van der Waals surface area contributed by atoms with Crippen molar-refractivity contribution in [3.63, 3.8) is 0 Å². The smallest absolute Gasteiger partial charge is 0.346 e. The Balaban J connectivity index is 1.16. The number of rotatable bonds is 4. The topological polar surface area (TPSA) is 55.9 Å². The van der Waals surface area contributed by atoms with Gasteiger partial charge in [0.25, 0.3) is 11.8 Å². The van der Waals surface area contributed by atoms with Gasteiger partial charge >= 0.3 is 6.18 Å². The molecule has 3 aromatic carbocycles. The van der Waals surface area contributed by atoms with Gasteiger partial charge in [0, 0.05) is 61.5 Å². The first-order valence-electron chi connectivity index (χ1n) is 11.6. The summed E-state index contributed by atoms with van der Waals surface area (Å²) in [5.41, 5.74) is 0.632. The molecule has 1 saturated heterocycles. The molecule has 0 spiro atoms. The van der Waals surface area contributed by atoms with Crippen LogP contribution in [0.25, 0.3) is 10.8 Å². The number of imide groups is 1. The average Bonchev–Trinajstić information content (AvgIpc) is 2.87. The molecule has 186 valence electrons. The number of nitrogens with one attached hydrogen (secondary N) is 1. The highest BCUT2D eigenvalue weighted by molar-refractivity contribution is 7.80. The Morgan fingerprint density at radius 3 is 2.08 bits per heavy atom. The van der Waals surface area contributed by atoms with Crippen LogP contribution in [-0.4, -0.2) is 70.9 Å². The molecule has 2 aliphatic rings. The van der Waals surface area contributed by atoms with Gasteiger partial charge in [0.2, 0.25) is 0 Å². The number of benzene rings is 3. The number of anilines is 1. The fourth-order valence-electron chi connectivity index (χ4n) is 4.68. The van der Waals surface area contributed by atoms with Gasteiger partial charge in [-0.05, 0) is 47.9 Å². The van der Waals surface area contributed by atoms with E-state index in [1.807, 2.05) is 29.2 Å². The number of alkyl halides is 3. The van der Waals surface area contributed by atoms with Crippen LogP contribution in [0.5, 0.6) is 0 Å². The van der Waals surface area contributed by atoms with E-state index in [0.717, 1.165) is 17.5 Å². The monoisotopic (exact) mass is 512 g/mol. The van der Waals surface area contributed by atoms with E-state index >= 15 is 0 Å². The maximum Gasteiger partial charge on any atom is 0.416 e. The molecule has 5 rings (SSSR count). The average molecular weight is 513 g/mol. The normalized spacial score (nSPS) is 16.5. The van der Waals surface area contributed by atoms with E-state index in [0.29, 0.717) is 54.3 Å². The molecule has 3 aromatic rings. The number of amides is 2. The molecule has 2 amide bonds. The molecule has 36 heavy (non-hydrogen) atoms. The lowest BCUT2D eigenvalue weighted by molar-refractivity contribution is -0.137. The fraction of sp³-hybridized carbons (Fsp3) is 0.269. The number of carbonyl (C=O) groups is 2. The zero-order chi connectivity index (χ0) is 25.4. The fourth-order valence-corrected chi connectivity index (χ4v) is 4.98. The van der Waals surface area contributed by atoms with Gasteiger partial charge in [-0.15, -0.1) is 0 Å². The second-order valence-corrected chi connectivity index (χ2v) is 9.20. The molecule has 0 saturated carbocycles. The lowest BCUT2D eigenvalue weighted by Gasteiger charge is -2.37. The summed E-state index contributed by atoms with van der Waals surface area (Å²) < 4.78 is 38.9. The highest BCUT2D eigenvalue weighted by Gasteiger charge is 2.33. The van der Waals surface area contributed by atoms with E-state index in [-0.39, 0.29) is 24.0 Å². The number of nitrogens with zero attached hydrogens (tertiary/aromatic N) is 3. The van der Waals surface area contributed by atoms with Gasteiger partial charge in [0.05, 0.1) is 5.56 Å². The highest BCUT2D eigenvalue weighted by atomic mass is 32.1. The van der Waals surface area contributed by atoms with Crippen LogP contribution in [0, 0.1) is 0 Å². The van der Waals surface area contributed by atoms with Crippen LogP contribution < -0.4 is 5.32 Å². The number of thiocarbonyl (C=S) groups is 1. The maximum atomic E-state index is 13.1. The predicted octanol–water partition coefficient (Wildman–Crippen LogP) is 4.47. The minimum absolute atomic E-state index is 0.273. The second-order valence-electron chi connectivity index (χ2n) is 8.81. The third-order valence-corrected chi connectivity index (χ3v) is 6.96. The van der Waals surface area contributed by atoms with Gasteiger partial charge in [-0.3, -0.25) is 19.4 Å². The first-order chi connectivity index (χ1) is 17.2.